The van der Waals surface area contributed by atoms with Gasteiger partial charge in [-0.25, -0.2) is 0 Å². The summed E-state index contributed by atoms with van der Waals surface area (Å²) in [7, 11) is 0. The third kappa shape index (κ3) is 2.79. The normalized spacial score (nSPS) is 9.85. The van der Waals surface area contributed by atoms with Crippen molar-refractivity contribution >= 4 is 5.69 Å². The molecule has 0 saturated carbocycles. The van der Waals surface area contributed by atoms with Crippen molar-refractivity contribution in [1.29, 1.82) is 5.26 Å². The summed E-state index contributed by atoms with van der Waals surface area (Å²) in [5.74, 6) is 0. The van der Waals surface area contributed by atoms with E-state index < -0.39 is 0 Å². The Labute approximate surface area is 78.0 Å². The molecule has 0 radical (unpaired) electrons. The molecule has 0 saturated heterocycles. The van der Waals surface area contributed by atoms with Crippen molar-refractivity contribution in [3.8, 4) is 6.07 Å². The Morgan fingerprint density at radius 3 is 2.92 bits per heavy atom. The SMILES string of the molecule is Cc1nn(CCCCC#N)cc1N. The summed E-state index contributed by atoms with van der Waals surface area (Å²) in [4.78, 5) is 0. The van der Waals surface area contributed by atoms with E-state index in [0.29, 0.717) is 6.42 Å². The van der Waals surface area contributed by atoms with Crippen LogP contribution < -0.4 is 5.73 Å². The van der Waals surface area contributed by atoms with Crippen molar-refractivity contribution in [2.24, 2.45) is 0 Å². The van der Waals surface area contributed by atoms with Gasteiger partial charge in [-0.1, -0.05) is 0 Å². The van der Waals surface area contributed by atoms with Gasteiger partial charge in [0.15, 0.2) is 0 Å². The van der Waals surface area contributed by atoms with Crippen molar-refractivity contribution in [3.63, 3.8) is 0 Å². The number of aromatic nitrogens is 2. The molecule has 0 aliphatic carbocycles. The van der Waals surface area contributed by atoms with Crippen LogP contribution in [-0.4, -0.2) is 9.78 Å². The van der Waals surface area contributed by atoms with Gasteiger partial charge in [0.2, 0.25) is 0 Å². The molecule has 1 heterocycles. The van der Waals surface area contributed by atoms with Crippen molar-refractivity contribution in [1.82, 2.24) is 9.78 Å². The van der Waals surface area contributed by atoms with Gasteiger partial charge >= 0.3 is 0 Å². The highest BCUT2D eigenvalue weighted by molar-refractivity contribution is 5.39. The minimum atomic E-state index is 0.621. The zero-order chi connectivity index (χ0) is 9.68. The van der Waals surface area contributed by atoms with Crippen LogP contribution in [0.25, 0.3) is 0 Å². The molecule has 0 bridgehead atoms. The first-order chi connectivity index (χ1) is 6.24. The molecule has 2 N–H and O–H groups in total. The Hall–Kier alpha value is -1.50. The lowest BCUT2D eigenvalue weighted by molar-refractivity contribution is 0.559. The van der Waals surface area contributed by atoms with E-state index in [1.54, 1.807) is 0 Å². The number of nitriles is 1. The van der Waals surface area contributed by atoms with Crippen LogP contribution in [0.15, 0.2) is 6.20 Å². The predicted molar refractivity (Wildman–Crippen MR) is 50.8 cm³/mol. The lowest BCUT2D eigenvalue weighted by Crippen LogP contribution is -1.98. The summed E-state index contributed by atoms with van der Waals surface area (Å²) < 4.78 is 1.84. The third-order valence-corrected chi connectivity index (χ3v) is 1.91. The predicted octanol–water partition coefficient (Wildman–Crippen LogP) is 1.47. The first-order valence-electron chi connectivity index (χ1n) is 4.40. The molecule has 0 amide bonds. The van der Waals surface area contributed by atoms with Crippen LogP contribution in [0.2, 0.25) is 0 Å². The Morgan fingerprint density at radius 2 is 2.38 bits per heavy atom. The number of hydrogen-bond donors (Lipinski definition) is 1. The number of anilines is 1. The number of nitrogen functional groups attached to an aromatic ring is 1. The van der Waals surface area contributed by atoms with Gasteiger partial charge in [0.05, 0.1) is 17.5 Å². The second kappa shape index (κ2) is 4.51. The van der Waals surface area contributed by atoms with Crippen molar-refractivity contribution in [2.45, 2.75) is 32.7 Å². The Kier molecular flexibility index (Phi) is 3.32. The van der Waals surface area contributed by atoms with Crippen LogP contribution in [0.4, 0.5) is 5.69 Å². The van der Waals surface area contributed by atoms with Crippen LogP contribution in [0, 0.1) is 18.3 Å². The summed E-state index contributed by atoms with van der Waals surface area (Å²) in [5, 5.41) is 12.5. The largest absolute Gasteiger partial charge is 0.396 e. The van der Waals surface area contributed by atoms with Gasteiger partial charge in [0.1, 0.15) is 0 Å². The van der Waals surface area contributed by atoms with Crippen molar-refractivity contribution in [2.75, 3.05) is 5.73 Å². The van der Waals surface area contributed by atoms with Gasteiger partial charge < -0.3 is 5.73 Å². The molecule has 1 aromatic rings. The third-order valence-electron chi connectivity index (χ3n) is 1.91. The summed E-state index contributed by atoms with van der Waals surface area (Å²) in [6, 6.07) is 2.12. The van der Waals surface area contributed by atoms with E-state index in [1.807, 2.05) is 17.8 Å². The van der Waals surface area contributed by atoms with E-state index in [4.69, 9.17) is 11.0 Å². The average molecular weight is 178 g/mol. The highest BCUT2D eigenvalue weighted by Crippen LogP contribution is 2.07. The summed E-state index contributed by atoms with van der Waals surface area (Å²) in [5.41, 5.74) is 7.25. The maximum absolute atomic E-state index is 8.32. The molecular weight excluding hydrogens is 164 g/mol. The smallest absolute Gasteiger partial charge is 0.0822 e. The maximum atomic E-state index is 8.32. The number of unbranched alkanes of at least 4 members (excludes halogenated alkanes) is 2. The summed E-state index contributed by atoms with van der Waals surface area (Å²) in [6.45, 7) is 2.74. The molecule has 1 aromatic heterocycles. The topological polar surface area (TPSA) is 67.6 Å². The van der Waals surface area contributed by atoms with Crippen LogP contribution >= 0.6 is 0 Å². The molecule has 1 rings (SSSR count). The Bertz CT molecular complexity index is 288. The van der Waals surface area contributed by atoms with E-state index >= 15 is 0 Å². The van der Waals surface area contributed by atoms with E-state index in [-0.39, 0.29) is 0 Å². The maximum Gasteiger partial charge on any atom is 0.0822 e. The molecule has 70 valence electrons. The van der Waals surface area contributed by atoms with Gasteiger partial charge in [-0.2, -0.15) is 10.4 Å². The van der Waals surface area contributed by atoms with E-state index in [1.165, 1.54) is 0 Å². The highest BCUT2D eigenvalue weighted by atomic mass is 15.3. The number of nitrogens with zero attached hydrogens (tertiary/aromatic N) is 3. The van der Waals surface area contributed by atoms with Crippen LogP contribution in [0.5, 0.6) is 0 Å². The monoisotopic (exact) mass is 178 g/mol. The van der Waals surface area contributed by atoms with E-state index in [2.05, 4.69) is 11.2 Å². The van der Waals surface area contributed by atoms with E-state index in [9.17, 15) is 0 Å². The molecule has 4 heteroatoms. The molecule has 0 fully saturated rings. The number of rotatable bonds is 4. The summed E-state index contributed by atoms with van der Waals surface area (Å²) >= 11 is 0. The second-order valence-electron chi connectivity index (χ2n) is 3.05. The molecule has 0 unspecified atom stereocenters. The molecule has 0 aromatic carbocycles. The number of hydrogen-bond acceptors (Lipinski definition) is 3. The molecule has 0 atom stereocenters. The van der Waals surface area contributed by atoms with Gasteiger partial charge in [0.25, 0.3) is 0 Å². The van der Waals surface area contributed by atoms with Crippen LogP contribution in [-0.2, 0) is 6.54 Å². The zero-order valence-electron chi connectivity index (χ0n) is 7.82. The van der Waals surface area contributed by atoms with Crippen LogP contribution in [0.1, 0.15) is 25.0 Å². The molecule has 13 heavy (non-hydrogen) atoms. The fourth-order valence-electron chi connectivity index (χ4n) is 1.13. The standard InChI is InChI=1S/C9H14N4/c1-8-9(11)7-13(12-8)6-4-2-3-5-10/h7H,2-4,6,11H2,1H3. The zero-order valence-corrected chi connectivity index (χ0v) is 7.82. The highest BCUT2D eigenvalue weighted by Gasteiger charge is 1.99. The average Bonchev–Trinajstić information content (AvgIpc) is 2.41. The van der Waals surface area contributed by atoms with Crippen molar-refractivity contribution in [3.05, 3.63) is 11.9 Å². The molecule has 0 aliphatic heterocycles. The fraction of sp³-hybridized carbons (Fsp3) is 0.556. The molecule has 0 aliphatic rings. The van der Waals surface area contributed by atoms with E-state index in [0.717, 1.165) is 30.8 Å². The lowest BCUT2D eigenvalue weighted by atomic mass is 10.2. The quantitative estimate of drug-likeness (QED) is 0.710. The summed E-state index contributed by atoms with van der Waals surface area (Å²) in [6.07, 6.45) is 4.36. The Morgan fingerprint density at radius 1 is 1.62 bits per heavy atom. The van der Waals surface area contributed by atoms with Gasteiger partial charge in [-0.15, -0.1) is 0 Å². The number of nitrogens with two attached hydrogens (primary N) is 1. The fourth-order valence-corrected chi connectivity index (χ4v) is 1.13. The van der Waals surface area contributed by atoms with Gasteiger partial charge in [-0.05, 0) is 19.8 Å². The molecular formula is C9H14N4. The molecule has 0 spiro atoms. The first-order valence-corrected chi connectivity index (χ1v) is 4.40. The lowest BCUT2D eigenvalue weighted by Gasteiger charge is -1.97. The Balaban J connectivity index is 2.34. The van der Waals surface area contributed by atoms with Crippen molar-refractivity contribution < 1.29 is 0 Å². The molecule has 4 nitrogen and oxygen atoms in total. The minimum Gasteiger partial charge on any atom is -0.396 e. The minimum absolute atomic E-state index is 0.621. The van der Waals surface area contributed by atoms with Crippen LogP contribution in [0.3, 0.4) is 0 Å². The van der Waals surface area contributed by atoms with Gasteiger partial charge in [-0.3, -0.25) is 4.68 Å². The number of aryl methyl sites for hydroxylation is 2. The van der Waals surface area contributed by atoms with Gasteiger partial charge in [0, 0.05) is 19.2 Å². The second-order valence-corrected chi connectivity index (χ2v) is 3.05. The first kappa shape index (κ1) is 9.59.